The van der Waals surface area contributed by atoms with Crippen LogP contribution in [0.5, 0.6) is 0 Å². The Morgan fingerprint density at radius 2 is 1.95 bits per heavy atom. The molecular weight excluding hydrogens is 261 g/mol. The number of fused-ring (bicyclic) bond motifs is 1. The van der Waals surface area contributed by atoms with Gasteiger partial charge in [0.05, 0.1) is 5.56 Å². The fourth-order valence-corrected chi connectivity index (χ4v) is 2.66. The van der Waals surface area contributed by atoms with Crippen LogP contribution in [0, 0.1) is 5.82 Å². The van der Waals surface area contributed by atoms with E-state index >= 15 is 0 Å². The minimum Gasteiger partial charge on any atom is -0.322 e. The lowest BCUT2D eigenvalue weighted by molar-refractivity contribution is 0.102. The third-order valence-electron chi connectivity index (χ3n) is 2.83. The molecule has 0 atom stereocenters. The van der Waals surface area contributed by atoms with Gasteiger partial charge in [0, 0.05) is 10.4 Å². The third kappa shape index (κ3) is 2.35. The lowest BCUT2D eigenvalue weighted by Crippen LogP contribution is -2.13. The maximum Gasteiger partial charge on any atom is 0.258 e. The van der Waals surface area contributed by atoms with E-state index in [9.17, 15) is 9.18 Å². The van der Waals surface area contributed by atoms with Crippen LogP contribution in [-0.2, 0) is 0 Å². The van der Waals surface area contributed by atoms with Gasteiger partial charge in [0.15, 0.2) is 0 Å². The Kier molecular flexibility index (Phi) is 3.01. The van der Waals surface area contributed by atoms with Gasteiger partial charge in [-0.2, -0.15) is 0 Å². The highest BCUT2D eigenvalue weighted by Gasteiger charge is 2.11. The van der Waals surface area contributed by atoms with E-state index in [0.717, 1.165) is 10.1 Å². The highest BCUT2D eigenvalue weighted by Crippen LogP contribution is 2.24. The first-order chi connectivity index (χ1) is 9.24. The van der Waals surface area contributed by atoms with Crippen LogP contribution in [0.25, 0.3) is 10.1 Å². The molecule has 19 heavy (non-hydrogen) atoms. The summed E-state index contributed by atoms with van der Waals surface area (Å²) in [7, 11) is 0. The molecule has 0 saturated carbocycles. The molecule has 1 amide bonds. The Morgan fingerprint density at radius 1 is 1.11 bits per heavy atom. The zero-order chi connectivity index (χ0) is 13.2. The number of anilines is 1. The van der Waals surface area contributed by atoms with E-state index in [1.165, 1.54) is 12.1 Å². The summed E-state index contributed by atoms with van der Waals surface area (Å²) in [5.74, 6) is -0.954. The zero-order valence-electron chi connectivity index (χ0n) is 9.89. The Balaban J connectivity index is 1.88. The molecule has 0 unspecified atom stereocenters. The van der Waals surface area contributed by atoms with Crippen LogP contribution >= 0.6 is 11.3 Å². The second-order valence-corrected chi connectivity index (χ2v) is 5.05. The quantitative estimate of drug-likeness (QED) is 0.740. The number of amides is 1. The highest BCUT2D eigenvalue weighted by atomic mass is 32.1. The van der Waals surface area contributed by atoms with Gasteiger partial charge in [-0.3, -0.25) is 4.79 Å². The number of carbonyl (C=O) groups is 1. The average molecular weight is 271 g/mol. The molecule has 0 aliphatic carbocycles. The van der Waals surface area contributed by atoms with Gasteiger partial charge in [-0.15, -0.1) is 11.3 Å². The van der Waals surface area contributed by atoms with E-state index in [0.29, 0.717) is 5.69 Å². The highest BCUT2D eigenvalue weighted by molar-refractivity contribution is 7.17. The summed E-state index contributed by atoms with van der Waals surface area (Å²) in [5.41, 5.74) is 0.715. The first-order valence-corrected chi connectivity index (χ1v) is 6.65. The molecule has 2 nitrogen and oxygen atoms in total. The number of benzene rings is 2. The Morgan fingerprint density at radius 3 is 2.79 bits per heavy atom. The van der Waals surface area contributed by atoms with E-state index in [1.807, 2.05) is 29.6 Å². The molecule has 4 heteroatoms. The first kappa shape index (κ1) is 11.9. The lowest BCUT2D eigenvalue weighted by Gasteiger charge is -2.06. The maximum atomic E-state index is 13.5. The summed E-state index contributed by atoms with van der Waals surface area (Å²) in [6.45, 7) is 0. The maximum absolute atomic E-state index is 13.5. The van der Waals surface area contributed by atoms with Crippen molar-refractivity contribution in [3.8, 4) is 0 Å². The van der Waals surface area contributed by atoms with Gasteiger partial charge < -0.3 is 5.32 Å². The molecule has 1 aromatic heterocycles. The van der Waals surface area contributed by atoms with Gasteiger partial charge in [0.25, 0.3) is 5.91 Å². The van der Waals surface area contributed by atoms with Gasteiger partial charge in [-0.1, -0.05) is 12.1 Å². The van der Waals surface area contributed by atoms with Crippen molar-refractivity contribution in [3.63, 3.8) is 0 Å². The topological polar surface area (TPSA) is 29.1 Å². The minimum atomic E-state index is -0.517. The van der Waals surface area contributed by atoms with Crippen molar-refractivity contribution in [1.82, 2.24) is 0 Å². The molecule has 0 radical (unpaired) electrons. The molecule has 2 aromatic carbocycles. The number of hydrogen-bond donors (Lipinski definition) is 1. The predicted molar refractivity (Wildman–Crippen MR) is 76.2 cm³/mol. The van der Waals surface area contributed by atoms with Crippen LogP contribution in [-0.4, -0.2) is 5.91 Å². The van der Waals surface area contributed by atoms with E-state index in [1.54, 1.807) is 23.5 Å². The average Bonchev–Trinajstić information content (AvgIpc) is 2.86. The normalized spacial score (nSPS) is 10.6. The summed E-state index contributed by atoms with van der Waals surface area (Å²) in [4.78, 5) is 12.0. The monoisotopic (exact) mass is 271 g/mol. The second kappa shape index (κ2) is 4.82. The van der Waals surface area contributed by atoms with Crippen LogP contribution in [0.15, 0.2) is 53.9 Å². The molecule has 0 saturated heterocycles. The molecule has 0 bridgehead atoms. The Hall–Kier alpha value is -2.20. The van der Waals surface area contributed by atoms with E-state index < -0.39 is 11.7 Å². The minimum absolute atomic E-state index is 0.0490. The standard InChI is InChI=1S/C15H10FNOS/c16-13-4-2-1-3-12(13)15(18)17-11-5-6-14-10(9-11)7-8-19-14/h1-9H,(H,17,18). The molecule has 3 aromatic rings. The molecule has 94 valence electrons. The van der Waals surface area contributed by atoms with Crippen LogP contribution in [0.4, 0.5) is 10.1 Å². The van der Waals surface area contributed by atoms with Crippen LogP contribution in [0.3, 0.4) is 0 Å². The lowest BCUT2D eigenvalue weighted by atomic mass is 10.2. The van der Waals surface area contributed by atoms with Gasteiger partial charge in [-0.05, 0) is 47.2 Å². The van der Waals surface area contributed by atoms with Gasteiger partial charge in [0.2, 0.25) is 0 Å². The van der Waals surface area contributed by atoms with Gasteiger partial charge >= 0.3 is 0 Å². The smallest absolute Gasteiger partial charge is 0.258 e. The molecule has 1 N–H and O–H groups in total. The number of thiophene rings is 1. The molecule has 0 spiro atoms. The molecule has 3 rings (SSSR count). The first-order valence-electron chi connectivity index (χ1n) is 5.77. The number of rotatable bonds is 2. The Labute approximate surface area is 113 Å². The molecular formula is C15H10FNOS. The SMILES string of the molecule is O=C(Nc1ccc2sccc2c1)c1ccccc1F. The van der Waals surface area contributed by atoms with Crippen molar-refractivity contribution in [2.45, 2.75) is 0 Å². The van der Waals surface area contributed by atoms with Crippen molar-refractivity contribution in [2.24, 2.45) is 0 Å². The van der Waals surface area contributed by atoms with Crippen molar-refractivity contribution in [1.29, 1.82) is 0 Å². The summed E-state index contributed by atoms with van der Waals surface area (Å²) in [5, 5.41) is 5.77. The van der Waals surface area contributed by atoms with E-state index in [-0.39, 0.29) is 5.56 Å². The van der Waals surface area contributed by atoms with Crippen LogP contribution < -0.4 is 5.32 Å². The summed E-state index contributed by atoms with van der Waals surface area (Å²) in [6, 6.07) is 13.6. The van der Waals surface area contributed by atoms with E-state index in [4.69, 9.17) is 0 Å². The largest absolute Gasteiger partial charge is 0.322 e. The zero-order valence-corrected chi connectivity index (χ0v) is 10.7. The van der Waals surface area contributed by atoms with E-state index in [2.05, 4.69) is 5.32 Å². The molecule has 0 aliphatic rings. The van der Waals surface area contributed by atoms with Gasteiger partial charge in [0.1, 0.15) is 5.82 Å². The van der Waals surface area contributed by atoms with Crippen molar-refractivity contribution < 1.29 is 9.18 Å². The Bertz CT molecular complexity index is 750. The summed E-state index contributed by atoms with van der Waals surface area (Å²) >= 11 is 1.64. The number of hydrogen-bond acceptors (Lipinski definition) is 2. The van der Waals surface area contributed by atoms with Gasteiger partial charge in [-0.25, -0.2) is 4.39 Å². The molecule has 1 heterocycles. The fourth-order valence-electron chi connectivity index (χ4n) is 1.89. The number of carbonyl (C=O) groups excluding carboxylic acids is 1. The van der Waals surface area contributed by atoms with Crippen molar-refractivity contribution in [2.75, 3.05) is 5.32 Å². The predicted octanol–water partition coefficient (Wildman–Crippen LogP) is 4.29. The van der Waals surface area contributed by atoms with Crippen molar-refractivity contribution in [3.05, 3.63) is 65.3 Å². The van der Waals surface area contributed by atoms with Crippen LogP contribution in [0.1, 0.15) is 10.4 Å². The van der Waals surface area contributed by atoms with Crippen LogP contribution in [0.2, 0.25) is 0 Å². The molecule has 0 aliphatic heterocycles. The second-order valence-electron chi connectivity index (χ2n) is 4.11. The fraction of sp³-hybridized carbons (Fsp3) is 0. The number of nitrogens with one attached hydrogen (secondary N) is 1. The summed E-state index contributed by atoms with van der Waals surface area (Å²) in [6.07, 6.45) is 0. The van der Waals surface area contributed by atoms with Crippen molar-refractivity contribution >= 4 is 33.0 Å². The third-order valence-corrected chi connectivity index (χ3v) is 3.73. The number of halogens is 1. The molecule has 0 fully saturated rings. The summed E-state index contributed by atoms with van der Waals surface area (Å²) < 4.78 is 14.6.